The molecule has 26 heavy (non-hydrogen) atoms. The zero-order valence-electron chi connectivity index (χ0n) is 15.3. The number of ether oxygens (including phenoxy) is 1. The van der Waals surface area contributed by atoms with Gasteiger partial charge in [-0.3, -0.25) is 0 Å². The molecule has 0 unspecified atom stereocenters. The van der Waals surface area contributed by atoms with E-state index in [0.717, 1.165) is 54.4 Å². The third kappa shape index (κ3) is 4.49. The summed E-state index contributed by atoms with van der Waals surface area (Å²) in [5.41, 5.74) is 0.406. The Morgan fingerprint density at radius 3 is 2.69 bits per heavy atom. The minimum atomic E-state index is -0.445. The molecule has 1 fully saturated rings. The van der Waals surface area contributed by atoms with Gasteiger partial charge in [0, 0.05) is 30.3 Å². The van der Waals surface area contributed by atoms with E-state index >= 15 is 0 Å². The SMILES string of the molecule is CC(C)(C)OC(=O)N1CCC(CCn2cc(Br)c3c(Cl)ncnc32)CC1. The van der Waals surface area contributed by atoms with Gasteiger partial charge >= 0.3 is 6.09 Å². The topological polar surface area (TPSA) is 60.2 Å². The van der Waals surface area contributed by atoms with Crippen molar-refractivity contribution in [3.63, 3.8) is 0 Å². The van der Waals surface area contributed by atoms with Crippen LogP contribution < -0.4 is 0 Å². The molecule has 8 heteroatoms. The largest absolute Gasteiger partial charge is 0.444 e. The molecule has 0 radical (unpaired) electrons. The van der Waals surface area contributed by atoms with Crippen molar-refractivity contribution in [2.45, 2.75) is 52.2 Å². The molecule has 0 atom stereocenters. The quantitative estimate of drug-likeness (QED) is 0.634. The average Bonchev–Trinajstić information content (AvgIpc) is 2.89. The second-order valence-corrected chi connectivity index (χ2v) is 8.95. The molecule has 0 aliphatic carbocycles. The van der Waals surface area contributed by atoms with Crippen molar-refractivity contribution in [3.8, 4) is 0 Å². The zero-order valence-corrected chi connectivity index (χ0v) is 17.7. The molecule has 1 aliphatic rings. The van der Waals surface area contributed by atoms with Crippen molar-refractivity contribution in [1.29, 1.82) is 0 Å². The normalized spacial score (nSPS) is 16.3. The van der Waals surface area contributed by atoms with Crippen molar-refractivity contribution in [1.82, 2.24) is 19.4 Å². The molecule has 0 saturated carbocycles. The maximum atomic E-state index is 12.1. The molecule has 3 rings (SSSR count). The molecular weight excluding hydrogens is 420 g/mol. The number of piperidine rings is 1. The van der Waals surface area contributed by atoms with E-state index in [9.17, 15) is 4.79 Å². The van der Waals surface area contributed by atoms with Crippen LogP contribution in [0.25, 0.3) is 11.0 Å². The van der Waals surface area contributed by atoms with Gasteiger partial charge in [-0.15, -0.1) is 0 Å². The Morgan fingerprint density at radius 1 is 1.35 bits per heavy atom. The summed E-state index contributed by atoms with van der Waals surface area (Å²) < 4.78 is 8.49. The van der Waals surface area contributed by atoms with E-state index in [-0.39, 0.29) is 6.09 Å². The van der Waals surface area contributed by atoms with Crippen LogP contribution in [0.3, 0.4) is 0 Å². The average molecular weight is 444 g/mol. The molecule has 142 valence electrons. The number of hydrogen-bond acceptors (Lipinski definition) is 4. The Labute approximate surface area is 167 Å². The number of carbonyl (C=O) groups is 1. The highest BCUT2D eigenvalue weighted by molar-refractivity contribution is 9.10. The zero-order chi connectivity index (χ0) is 18.9. The van der Waals surface area contributed by atoms with Gasteiger partial charge in [-0.25, -0.2) is 14.8 Å². The number of nitrogens with zero attached hydrogens (tertiary/aromatic N) is 4. The minimum Gasteiger partial charge on any atom is -0.444 e. The molecule has 2 aromatic heterocycles. The Bertz CT molecular complexity index is 794. The van der Waals surface area contributed by atoms with Crippen LogP contribution in [0.5, 0.6) is 0 Å². The molecule has 0 aromatic carbocycles. The lowest BCUT2D eigenvalue weighted by Gasteiger charge is -2.33. The molecule has 1 saturated heterocycles. The first-order chi connectivity index (χ1) is 12.2. The Hall–Kier alpha value is -1.34. The first kappa shape index (κ1) is 19.4. The Balaban J connectivity index is 1.55. The van der Waals surface area contributed by atoms with Gasteiger partial charge in [-0.1, -0.05) is 11.6 Å². The number of likely N-dealkylation sites (tertiary alicyclic amines) is 1. The Kier molecular flexibility index (Phi) is 5.77. The fourth-order valence-electron chi connectivity index (χ4n) is 3.26. The number of hydrogen-bond donors (Lipinski definition) is 0. The molecule has 1 aliphatic heterocycles. The van der Waals surface area contributed by atoms with Crippen LogP contribution in [-0.2, 0) is 11.3 Å². The molecular formula is C18H24BrClN4O2. The number of aryl methyl sites for hydroxylation is 1. The van der Waals surface area contributed by atoms with E-state index in [1.807, 2.05) is 31.9 Å². The molecule has 0 N–H and O–H groups in total. The maximum absolute atomic E-state index is 12.1. The Morgan fingerprint density at radius 2 is 2.04 bits per heavy atom. The van der Waals surface area contributed by atoms with Gasteiger partial charge in [-0.05, 0) is 61.9 Å². The lowest BCUT2D eigenvalue weighted by molar-refractivity contribution is 0.0180. The first-order valence-corrected chi connectivity index (χ1v) is 10.0. The number of fused-ring (bicyclic) bond motifs is 1. The van der Waals surface area contributed by atoms with Gasteiger partial charge in [0.2, 0.25) is 0 Å². The number of halogens is 2. The number of rotatable bonds is 3. The molecule has 1 amide bonds. The van der Waals surface area contributed by atoms with E-state index < -0.39 is 5.60 Å². The highest BCUT2D eigenvalue weighted by Gasteiger charge is 2.26. The first-order valence-electron chi connectivity index (χ1n) is 8.87. The minimum absolute atomic E-state index is 0.206. The second kappa shape index (κ2) is 7.72. The third-order valence-electron chi connectivity index (χ3n) is 4.61. The van der Waals surface area contributed by atoms with Gasteiger partial charge in [0.1, 0.15) is 22.7 Å². The van der Waals surface area contributed by atoms with Gasteiger partial charge < -0.3 is 14.2 Å². The van der Waals surface area contributed by atoms with Crippen LogP contribution in [-0.4, -0.2) is 44.2 Å². The predicted octanol–water partition coefficient (Wildman–Crippen LogP) is 4.88. The summed E-state index contributed by atoms with van der Waals surface area (Å²) in [5.74, 6) is 0.585. The molecule has 2 aromatic rings. The van der Waals surface area contributed by atoms with Gasteiger partial charge in [0.05, 0.1) is 5.39 Å². The maximum Gasteiger partial charge on any atom is 0.410 e. The van der Waals surface area contributed by atoms with E-state index in [2.05, 4.69) is 30.5 Å². The summed E-state index contributed by atoms with van der Waals surface area (Å²) in [5, 5.41) is 1.32. The van der Waals surface area contributed by atoms with Gasteiger partial charge in [-0.2, -0.15) is 0 Å². The standard InChI is InChI=1S/C18H24BrClN4O2/c1-18(2,3)26-17(25)23-7-4-12(5-8-23)6-9-24-10-13(19)14-15(20)21-11-22-16(14)24/h10-12H,4-9H2,1-3H3. The van der Waals surface area contributed by atoms with Crippen LogP contribution in [0.15, 0.2) is 17.0 Å². The number of carbonyl (C=O) groups excluding carboxylic acids is 1. The fourth-order valence-corrected chi connectivity index (χ4v) is 4.22. The van der Waals surface area contributed by atoms with E-state index in [4.69, 9.17) is 16.3 Å². The van der Waals surface area contributed by atoms with Crippen molar-refractivity contribution in [2.24, 2.45) is 5.92 Å². The monoisotopic (exact) mass is 442 g/mol. The highest BCUT2D eigenvalue weighted by atomic mass is 79.9. The summed E-state index contributed by atoms with van der Waals surface area (Å²) >= 11 is 9.71. The van der Waals surface area contributed by atoms with Crippen LogP contribution in [0.1, 0.15) is 40.0 Å². The lowest BCUT2D eigenvalue weighted by Crippen LogP contribution is -2.41. The fraction of sp³-hybridized carbons (Fsp3) is 0.611. The van der Waals surface area contributed by atoms with Crippen molar-refractivity contribution in [3.05, 3.63) is 22.1 Å². The highest BCUT2D eigenvalue weighted by Crippen LogP contribution is 2.30. The predicted molar refractivity (Wildman–Crippen MR) is 105 cm³/mol. The second-order valence-electron chi connectivity index (χ2n) is 7.73. The number of aromatic nitrogens is 3. The summed E-state index contributed by atoms with van der Waals surface area (Å²) in [4.78, 5) is 22.4. The van der Waals surface area contributed by atoms with E-state index in [1.165, 1.54) is 6.33 Å². The lowest BCUT2D eigenvalue weighted by atomic mass is 9.94. The summed E-state index contributed by atoms with van der Waals surface area (Å²) in [6, 6.07) is 0. The summed E-state index contributed by atoms with van der Waals surface area (Å²) in [6.07, 6.45) is 6.33. The third-order valence-corrected chi connectivity index (χ3v) is 5.49. The van der Waals surface area contributed by atoms with E-state index in [0.29, 0.717) is 11.1 Å². The van der Waals surface area contributed by atoms with Crippen molar-refractivity contribution in [2.75, 3.05) is 13.1 Å². The van der Waals surface area contributed by atoms with Crippen LogP contribution in [0, 0.1) is 5.92 Å². The summed E-state index contributed by atoms with van der Waals surface area (Å²) in [6.45, 7) is 8.06. The van der Waals surface area contributed by atoms with Crippen LogP contribution in [0.4, 0.5) is 4.79 Å². The van der Waals surface area contributed by atoms with E-state index in [1.54, 1.807) is 0 Å². The molecule has 6 nitrogen and oxygen atoms in total. The summed E-state index contributed by atoms with van der Waals surface area (Å²) in [7, 11) is 0. The molecule has 3 heterocycles. The van der Waals surface area contributed by atoms with Crippen LogP contribution in [0.2, 0.25) is 5.15 Å². The smallest absolute Gasteiger partial charge is 0.410 e. The van der Waals surface area contributed by atoms with Crippen molar-refractivity contribution < 1.29 is 9.53 Å². The molecule has 0 spiro atoms. The number of amides is 1. The van der Waals surface area contributed by atoms with Crippen LogP contribution >= 0.6 is 27.5 Å². The molecule has 0 bridgehead atoms. The van der Waals surface area contributed by atoms with Crippen molar-refractivity contribution >= 4 is 44.7 Å². The van der Waals surface area contributed by atoms with Gasteiger partial charge in [0.15, 0.2) is 0 Å². The van der Waals surface area contributed by atoms with Gasteiger partial charge in [0.25, 0.3) is 0 Å².